The van der Waals surface area contributed by atoms with Crippen LogP contribution in [0.5, 0.6) is 0 Å². The summed E-state index contributed by atoms with van der Waals surface area (Å²) in [5, 5.41) is 98.4. The van der Waals surface area contributed by atoms with E-state index in [1.807, 2.05) is 10.6 Å². The van der Waals surface area contributed by atoms with Crippen LogP contribution in [0.1, 0.15) is 151 Å². The molecule has 17 atom stereocenters. The number of nitrogens with one attached hydrogen (secondary N) is 13. The number of rotatable bonds is 51. The molecule has 2 saturated heterocycles. The number of aliphatic hydroxyl groups is 2. The molecule has 0 radical (unpaired) electrons. The van der Waals surface area contributed by atoms with Crippen molar-refractivity contribution in [2.24, 2.45) is 29.2 Å². The Morgan fingerprint density at radius 3 is 1.25 bits per heavy atom. The second-order valence-electron chi connectivity index (χ2n) is 29.2. The number of carboxylic acids is 5. The molecule has 1 aromatic carbocycles. The molecule has 2 aliphatic heterocycles. The molecule has 15 amide bonds. The van der Waals surface area contributed by atoms with Gasteiger partial charge in [0, 0.05) is 19.5 Å². The van der Waals surface area contributed by atoms with Crippen LogP contribution < -0.4 is 80.6 Å². The fraction of sp³-hybridized carbons (Fsp3) is 0.644. The van der Waals surface area contributed by atoms with Gasteiger partial charge < -0.3 is 126 Å². The summed E-state index contributed by atoms with van der Waals surface area (Å²) < 4.78 is 0. The first-order valence-corrected chi connectivity index (χ1v) is 38.4. The number of hydrogen-bond acceptors (Lipinski definition) is 24. The minimum Gasteiger partial charge on any atom is -0.481 e. The molecule has 1 aromatic rings. The van der Waals surface area contributed by atoms with Crippen molar-refractivity contribution in [2.45, 2.75) is 242 Å². The van der Waals surface area contributed by atoms with E-state index in [2.05, 4.69) is 58.5 Å². The highest BCUT2D eigenvalue weighted by atomic mass is 16.4. The summed E-state index contributed by atoms with van der Waals surface area (Å²) in [5.41, 5.74) is 12.2. The minimum atomic E-state index is -2.11. The topological polar surface area (TPSA) is 698 Å². The van der Waals surface area contributed by atoms with Crippen molar-refractivity contribution in [3.05, 3.63) is 35.9 Å². The van der Waals surface area contributed by atoms with Gasteiger partial charge in [0.1, 0.15) is 84.6 Å². The summed E-state index contributed by atoms with van der Waals surface area (Å²) in [6, 6.07) is -16.7. The van der Waals surface area contributed by atoms with Gasteiger partial charge >= 0.3 is 29.8 Å². The summed E-state index contributed by atoms with van der Waals surface area (Å²) in [4.78, 5) is 268. The molecule has 44 heteroatoms. The van der Waals surface area contributed by atoms with Gasteiger partial charge in [0.2, 0.25) is 88.6 Å². The molecule has 0 aliphatic carbocycles. The van der Waals surface area contributed by atoms with E-state index in [0.717, 1.165) is 18.7 Å². The summed E-state index contributed by atoms with van der Waals surface area (Å²) in [6.45, 7) is 9.33. The monoisotopic (exact) mass is 1660 g/mol. The number of carbonyl (C=O) groups is 20. The lowest BCUT2D eigenvalue weighted by atomic mass is 9.97. The standard InChI is InChI=1S/C73H113N17O27/c1-9-36(5)57(88-69(112)51-22-17-25-90(51)72(115)41(75)20-14-15-23-74)70(113)76-32-52(93)89-24-16-21-50(89)68(111)82-46(31-56(100)101)64(107)80-43(28-53(94)95)61(104)78-39(8)60(103)87-58(37(6)10-2)71(114)83-44(29-54(96)97)62(105)77-38(7)59(102)79-42(26-35(3)4)63(106)85-49(34-92)67(110)86-48(33-91)66(109)81-45(30-55(98)99)65(108)84-47(73(116)117)27-40-18-12-11-13-19-40/h11-13,18-19,35-39,41-51,57-58,91-92H,9-10,14-17,20-34,74-75H2,1-8H3,(H,76,113)(H,77,105)(H,78,104)(H,79,102)(H,80,107)(H,81,109)(H,82,111)(H,83,114)(H,84,108)(H,85,106)(H,86,110)(H,87,103)(H,88,112)(H,94,95)(H,96,97)(H,98,99)(H,100,101)(H,116,117)/t36-,37-,38-,39-,41-,42-,43-,44-,45-,46-,47-,48-,49-,50-,51-,57-,58-/m0/s1. The minimum absolute atomic E-state index is 0.0254. The fourth-order valence-corrected chi connectivity index (χ4v) is 12.4. The molecule has 0 saturated carbocycles. The van der Waals surface area contributed by atoms with Gasteiger partial charge in [-0.25, -0.2) is 4.79 Å². The van der Waals surface area contributed by atoms with Crippen molar-refractivity contribution < 1.29 is 132 Å². The summed E-state index contributed by atoms with van der Waals surface area (Å²) in [5.74, 6) is -26.3. The molecule has 0 bridgehead atoms. The first-order valence-electron chi connectivity index (χ1n) is 38.4. The van der Waals surface area contributed by atoms with E-state index in [9.17, 15) is 132 Å². The maximum atomic E-state index is 14.1. The van der Waals surface area contributed by atoms with E-state index in [-0.39, 0.29) is 45.2 Å². The Kier molecular flexibility index (Phi) is 42.1. The van der Waals surface area contributed by atoms with Gasteiger partial charge in [0.25, 0.3) is 0 Å². The normalized spacial score (nSPS) is 17.6. The number of aliphatic hydroxyl groups excluding tert-OH is 2. The Morgan fingerprint density at radius 2 is 0.812 bits per heavy atom. The molecular weight excluding hydrogens is 1550 g/mol. The second kappa shape index (κ2) is 49.4. The van der Waals surface area contributed by atoms with Gasteiger partial charge in [-0.15, -0.1) is 0 Å². The number of unbranched alkanes of at least 4 members (excludes halogenated alkanes) is 1. The highest BCUT2D eigenvalue weighted by Gasteiger charge is 2.43. The average Bonchev–Trinajstić information content (AvgIpc) is 1.72. The van der Waals surface area contributed by atoms with Gasteiger partial charge in [-0.3, -0.25) is 91.1 Å². The molecule has 0 aromatic heterocycles. The summed E-state index contributed by atoms with van der Waals surface area (Å²) >= 11 is 0. The number of carbonyl (C=O) groups excluding carboxylic acids is 15. The zero-order valence-electron chi connectivity index (χ0n) is 66.5. The maximum Gasteiger partial charge on any atom is 0.326 e. The summed E-state index contributed by atoms with van der Waals surface area (Å²) in [6.07, 6.45) is -1.99. The maximum absolute atomic E-state index is 14.1. The zero-order valence-corrected chi connectivity index (χ0v) is 66.5. The molecule has 24 N–H and O–H groups in total. The van der Waals surface area contributed by atoms with Gasteiger partial charge in [-0.2, -0.15) is 0 Å². The van der Waals surface area contributed by atoms with Crippen LogP contribution in [0.25, 0.3) is 0 Å². The van der Waals surface area contributed by atoms with Crippen molar-refractivity contribution in [3.8, 4) is 0 Å². The van der Waals surface area contributed by atoms with Crippen molar-refractivity contribution in [3.63, 3.8) is 0 Å². The molecule has 2 aliphatic rings. The highest BCUT2D eigenvalue weighted by molar-refractivity contribution is 6.02. The molecule has 2 heterocycles. The van der Waals surface area contributed by atoms with E-state index < -0.39 is 272 Å². The van der Waals surface area contributed by atoms with E-state index in [4.69, 9.17) is 11.5 Å². The van der Waals surface area contributed by atoms with Gasteiger partial charge in [0.15, 0.2) is 0 Å². The van der Waals surface area contributed by atoms with Crippen LogP contribution in [0, 0.1) is 17.8 Å². The number of aliphatic carboxylic acids is 5. The second-order valence-corrected chi connectivity index (χ2v) is 29.2. The van der Waals surface area contributed by atoms with Crippen LogP contribution in [0.3, 0.4) is 0 Å². The molecule has 117 heavy (non-hydrogen) atoms. The van der Waals surface area contributed by atoms with E-state index in [1.54, 1.807) is 65.0 Å². The van der Waals surface area contributed by atoms with Gasteiger partial charge in [-0.1, -0.05) is 91.1 Å². The fourth-order valence-electron chi connectivity index (χ4n) is 12.4. The van der Waals surface area contributed by atoms with E-state index in [0.29, 0.717) is 50.6 Å². The number of amides is 15. The number of nitrogens with zero attached hydrogens (tertiary/aromatic N) is 2. The van der Waals surface area contributed by atoms with Gasteiger partial charge in [0.05, 0.1) is 51.5 Å². The van der Waals surface area contributed by atoms with Crippen molar-refractivity contribution in [1.82, 2.24) is 78.9 Å². The average molecular weight is 1660 g/mol. The Labute approximate surface area is 673 Å². The molecule has 3 rings (SSSR count). The zero-order chi connectivity index (χ0) is 88.2. The lowest BCUT2D eigenvalue weighted by Crippen LogP contribution is -2.61. The van der Waals surface area contributed by atoms with Crippen molar-refractivity contribution in [1.29, 1.82) is 0 Å². The molecule has 2 fully saturated rings. The SMILES string of the molecule is CC[C@H](C)[C@H](NC(=O)[C@H](C)NC(=O)[C@H](CC(=O)O)NC(=O)[C@H](CC(=O)O)NC(=O)[C@@H]1CCCN1C(=O)CNC(=O)[C@@H](NC(=O)[C@@H]1CCCN1C(=O)[C@@H](N)CCCCN)[C@@H](C)CC)C(=O)N[C@@H](CC(=O)O)C(=O)N[C@@H](C)C(=O)N[C@@H](CC(C)C)C(=O)N[C@@H](CO)C(=O)N[C@@H](CO)C(=O)N[C@@H](CC(=O)O)C(=O)N[C@@H](Cc1ccccc1)C(=O)O. The largest absolute Gasteiger partial charge is 0.481 e. The van der Waals surface area contributed by atoms with Crippen LogP contribution in [-0.2, 0) is 102 Å². The first-order chi connectivity index (χ1) is 55.0. The highest BCUT2D eigenvalue weighted by Crippen LogP contribution is 2.22. The van der Waals surface area contributed by atoms with E-state index >= 15 is 0 Å². The molecule has 44 nitrogen and oxygen atoms in total. The number of benzene rings is 1. The summed E-state index contributed by atoms with van der Waals surface area (Å²) in [7, 11) is 0. The molecular formula is C73H113N17O27. The number of carboxylic acid groups (broad SMARTS) is 5. The van der Waals surface area contributed by atoms with Gasteiger partial charge in [-0.05, 0) is 88.7 Å². The van der Waals surface area contributed by atoms with Crippen LogP contribution in [-0.4, -0.2) is 294 Å². The predicted octanol–water partition coefficient (Wildman–Crippen LogP) is -7.25. The Balaban J connectivity index is 1.70. The van der Waals surface area contributed by atoms with Crippen molar-refractivity contribution >= 4 is 118 Å². The van der Waals surface area contributed by atoms with E-state index in [1.165, 1.54) is 11.8 Å². The van der Waals surface area contributed by atoms with Crippen LogP contribution in [0.4, 0.5) is 0 Å². The van der Waals surface area contributed by atoms with Crippen LogP contribution in [0.2, 0.25) is 0 Å². The molecule has 0 spiro atoms. The third-order valence-electron chi connectivity index (χ3n) is 19.4. The first kappa shape index (κ1) is 99.7. The third kappa shape index (κ3) is 32.9. The Morgan fingerprint density at radius 1 is 0.436 bits per heavy atom. The Hall–Kier alpha value is -11.5. The number of likely N-dealkylation sites (tertiary alicyclic amines) is 2. The lowest BCUT2D eigenvalue weighted by molar-refractivity contribution is -0.144. The predicted molar refractivity (Wildman–Crippen MR) is 407 cm³/mol. The Bertz CT molecular complexity index is 3700. The van der Waals surface area contributed by atoms with Crippen molar-refractivity contribution in [2.75, 3.05) is 39.4 Å². The molecule has 0 unspecified atom stereocenters. The van der Waals surface area contributed by atoms with Crippen LogP contribution in [0.15, 0.2) is 30.3 Å². The third-order valence-corrected chi connectivity index (χ3v) is 19.4. The molecule has 652 valence electrons. The quantitative estimate of drug-likeness (QED) is 0.0270. The number of hydrogen-bond donors (Lipinski definition) is 22. The lowest BCUT2D eigenvalue weighted by Gasteiger charge is -2.30. The number of nitrogens with two attached hydrogens (primary N) is 2. The smallest absolute Gasteiger partial charge is 0.326 e. The van der Waals surface area contributed by atoms with Crippen LogP contribution >= 0.6 is 0 Å².